The molecule has 3 rings (SSSR count). The maximum Gasteiger partial charge on any atom is 0.251 e. The van der Waals surface area contributed by atoms with Crippen LogP contribution in [0.5, 0.6) is 0 Å². The van der Waals surface area contributed by atoms with E-state index in [0.717, 1.165) is 13.1 Å². The smallest absolute Gasteiger partial charge is 0.251 e. The van der Waals surface area contributed by atoms with Crippen molar-refractivity contribution < 1.29 is 4.79 Å². The van der Waals surface area contributed by atoms with Gasteiger partial charge in [0.25, 0.3) is 5.91 Å². The van der Waals surface area contributed by atoms with E-state index < -0.39 is 0 Å². The number of aromatic nitrogens is 2. The van der Waals surface area contributed by atoms with Crippen LogP contribution in [-0.2, 0) is 6.54 Å². The monoisotopic (exact) mass is 354 g/mol. The topological polar surface area (TPSA) is 50.2 Å². The summed E-state index contributed by atoms with van der Waals surface area (Å²) < 4.78 is 2.01. The lowest BCUT2D eigenvalue weighted by Gasteiger charge is -2.32. The molecule has 1 saturated heterocycles. The van der Waals surface area contributed by atoms with Crippen molar-refractivity contribution in [1.29, 1.82) is 0 Å². The van der Waals surface area contributed by atoms with Crippen molar-refractivity contribution in [2.75, 3.05) is 18.0 Å². The second kappa shape index (κ2) is 7.94. The molecule has 0 saturated carbocycles. The van der Waals surface area contributed by atoms with Crippen LogP contribution in [0, 0.1) is 5.41 Å². The Labute approximate surface area is 156 Å². The molecule has 1 aromatic carbocycles. The van der Waals surface area contributed by atoms with Crippen LogP contribution in [0.4, 0.5) is 5.69 Å². The number of hydrogen-bond acceptors (Lipinski definition) is 3. The molecule has 0 spiro atoms. The summed E-state index contributed by atoms with van der Waals surface area (Å²) in [5, 5.41) is 3.21. The van der Waals surface area contributed by atoms with Gasteiger partial charge in [-0.2, -0.15) is 0 Å². The van der Waals surface area contributed by atoms with Gasteiger partial charge in [0.2, 0.25) is 0 Å². The number of carbonyl (C=O) groups excluding carboxylic acids is 1. The first-order valence-corrected chi connectivity index (χ1v) is 9.55. The Kier molecular flexibility index (Phi) is 5.64. The van der Waals surface area contributed by atoms with Gasteiger partial charge in [-0.1, -0.05) is 20.8 Å². The highest BCUT2D eigenvalue weighted by molar-refractivity contribution is 5.94. The first-order valence-electron chi connectivity index (χ1n) is 9.55. The lowest BCUT2D eigenvalue weighted by atomic mass is 9.86. The largest absolute Gasteiger partial charge is 0.372 e. The fraction of sp³-hybridized carbons (Fsp3) is 0.524. The second-order valence-electron chi connectivity index (χ2n) is 8.25. The average molecular weight is 354 g/mol. The molecule has 0 radical (unpaired) electrons. The number of anilines is 1. The van der Waals surface area contributed by atoms with Crippen molar-refractivity contribution in [2.24, 2.45) is 5.41 Å². The molecule has 0 bridgehead atoms. The van der Waals surface area contributed by atoms with E-state index in [1.807, 2.05) is 22.9 Å². The van der Waals surface area contributed by atoms with E-state index in [9.17, 15) is 4.79 Å². The summed E-state index contributed by atoms with van der Waals surface area (Å²) in [7, 11) is 0. The first-order chi connectivity index (χ1) is 12.4. The molecule has 1 aliphatic rings. The number of piperidine rings is 1. The van der Waals surface area contributed by atoms with Crippen LogP contribution in [-0.4, -0.2) is 34.6 Å². The van der Waals surface area contributed by atoms with Crippen molar-refractivity contribution in [1.82, 2.24) is 14.9 Å². The Balaban J connectivity index is 1.66. The third-order valence-corrected chi connectivity index (χ3v) is 5.15. The standard InChI is InChI=1S/C21H30N4O/c1-21(2,3)19(15-24-14-11-22-16-24)23-20(26)17-7-9-18(10-8-17)25-12-5-4-6-13-25/h7-11,14,16,19H,4-6,12-13,15H2,1-3H3,(H,23,26)/t19-/m0/s1. The Morgan fingerprint density at radius 1 is 1.15 bits per heavy atom. The molecule has 1 atom stereocenters. The van der Waals surface area contributed by atoms with Gasteiger partial charge in [0.1, 0.15) is 0 Å². The minimum Gasteiger partial charge on any atom is -0.372 e. The number of benzene rings is 1. The lowest BCUT2D eigenvalue weighted by Crippen LogP contribution is -2.46. The molecule has 1 fully saturated rings. The number of imidazole rings is 1. The number of hydrogen-bond donors (Lipinski definition) is 1. The zero-order valence-corrected chi connectivity index (χ0v) is 16.1. The summed E-state index contributed by atoms with van der Waals surface area (Å²) in [6.45, 7) is 9.38. The number of amides is 1. The van der Waals surface area contributed by atoms with Gasteiger partial charge in [0.15, 0.2) is 0 Å². The zero-order valence-electron chi connectivity index (χ0n) is 16.1. The van der Waals surface area contributed by atoms with E-state index in [1.54, 1.807) is 12.5 Å². The minimum atomic E-state index is -0.0479. The highest BCUT2D eigenvalue weighted by atomic mass is 16.1. The van der Waals surface area contributed by atoms with Gasteiger partial charge in [0, 0.05) is 43.3 Å². The third kappa shape index (κ3) is 4.65. The van der Waals surface area contributed by atoms with E-state index in [2.05, 4.69) is 48.1 Å². The molecule has 5 nitrogen and oxygen atoms in total. The van der Waals surface area contributed by atoms with Crippen LogP contribution >= 0.6 is 0 Å². The van der Waals surface area contributed by atoms with Gasteiger partial charge in [0.05, 0.1) is 12.4 Å². The first kappa shape index (κ1) is 18.5. The Hall–Kier alpha value is -2.30. The molecular formula is C21H30N4O. The van der Waals surface area contributed by atoms with Crippen molar-refractivity contribution in [3.05, 3.63) is 48.5 Å². The molecule has 1 aromatic heterocycles. The zero-order chi connectivity index (χ0) is 18.6. The Bertz CT molecular complexity index is 695. The average Bonchev–Trinajstić information content (AvgIpc) is 3.14. The summed E-state index contributed by atoms with van der Waals surface area (Å²) in [5.41, 5.74) is 1.88. The summed E-state index contributed by atoms with van der Waals surface area (Å²) in [6, 6.07) is 8.04. The molecular weight excluding hydrogens is 324 g/mol. The molecule has 140 valence electrons. The van der Waals surface area contributed by atoms with E-state index in [-0.39, 0.29) is 17.4 Å². The fourth-order valence-electron chi connectivity index (χ4n) is 3.36. The molecule has 0 aliphatic carbocycles. The molecule has 1 N–H and O–H groups in total. The summed E-state index contributed by atoms with van der Waals surface area (Å²) >= 11 is 0. The van der Waals surface area contributed by atoms with Crippen LogP contribution in [0.25, 0.3) is 0 Å². The molecule has 1 amide bonds. The predicted molar refractivity (Wildman–Crippen MR) is 105 cm³/mol. The van der Waals surface area contributed by atoms with E-state index in [4.69, 9.17) is 0 Å². The molecule has 26 heavy (non-hydrogen) atoms. The number of rotatable bonds is 5. The second-order valence-corrected chi connectivity index (χ2v) is 8.25. The maximum absolute atomic E-state index is 12.8. The van der Waals surface area contributed by atoms with E-state index >= 15 is 0 Å². The van der Waals surface area contributed by atoms with Gasteiger partial charge in [-0.3, -0.25) is 4.79 Å². The quantitative estimate of drug-likeness (QED) is 0.890. The van der Waals surface area contributed by atoms with Crippen LogP contribution in [0.1, 0.15) is 50.4 Å². The Morgan fingerprint density at radius 3 is 2.42 bits per heavy atom. The van der Waals surface area contributed by atoms with E-state index in [0.29, 0.717) is 12.1 Å². The number of nitrogens with one attached hydrogen (secondary N) is 1. The summed E-state index contributed by atoms with van der Waals surface area (Å²) in [5.74, 6) is -0.0183. The third-order valence-electron chi connectivity index (χ3n) is 5.15. The lowest BCUT2D eigenvalue weighted by molar-refractivity contribution is 0.0892. The molecule has 0 unspecified atom stereocenters. The highest BCUT2D eigenvalue weighted by Gasteiger charge is 2.27. The molecule has 5 heteroatoms. The molecule has 1 aliphatic heterocycles. The fourth-order valence-corrected chi connectivity index (χ4v) is 3.36. The van der Waals surface area contributed by atoms with Crippen LogP contribution in [0.3, 0.4) is 0 Å². The van der Waals surface area contributed by atoms with Crippen LogP contribution in [0.2, 0.25) is 0 Å². The number of nitrogens with zero attached hydrogens (tertiary/aromatic N) is 3. The summed E-state index contributed by atoms with van der Waals surface area (Å²) in [4.78, 5) is 19.3. The summed E-state index contributed by atoms with van der Waals surface area (Å²) in [6.07, 6.45) is 9.31. The molecule has 2 heterocycles. The normalized spacial score (nSPS) is 16.3. The number of carbonyl (C=O) groups is 1. The SMILES string of the molecule is CC(C)(C)[C@H](Cn1ccnc1)NC(=O)c1ccc(N2CCCCC2)cc1. The van der Waals surface area contributed by atoms with Crippen molar-refractivity contribution in [2.45, 2.75) is 52.6 Å². The van der Waals surface area contributed by atoms with Gasteiger partial charge >= 0.3 is 0 Å². The molecule has 2 aromatic rings. The van der Waals surface area contributed by atoms with E-state index in [1.165, 1.54) is 24.9 Å². The Morgan fingerprint density at radius 2 is 1.85 bits per heavy atom. The van der Waals surface area contributed by atoms with Gasteiger partial charge in [-0.15, -0.1) is 0 Å². The predicted octanol–water partition coefficient (Wildman–Crippen LogP) is 3.72. The van der Waals surface area contributed by atoms with Gasteiger partial charge in [-0.05, 0) is 48.9 Å². The van der Waals surface area contributed by atoms with Crippen molar-refractivity contribution in [3.63, 3.8) is 0 Å². The van der Waals surface area contributed by atoms with Gasteiger partial charge in [-0.25, -0.2) is 4.98 Å². The van der Waals surface area contributed by atoms with Crippen molar-refractivity contribution in [3.8, 4) is 0 Å². The van der Waals surface area contributed by atoms with Gasteiger partial charge < -0.3 is 14.8 Å². The highest BCUT2D eigenvalue weighted by Crippen LogP contribution is 2.23. The minimum absolute atomic E-state index is 0.0183. The van der Waals surface area contributed by atoms with Crippen LogP contribution in [0.15, 0.2) is 43.0 Å². The van der Waals surface area contributed by atoms with Crippen LogP contribution < -0.4 is 10.2 Å². The maximum atomic E-state index is 12.8. The van der Waals surface area contributed by atoms with Crippen molar-refractivity contribution >= 4 is 11.6 Å².